The lowest BCUT2D eigenvalue weighted by Gasteiger charge is -2.43. The molecule has 17 nitrogen and oxygen atoms in total. The van der Waals surface area contributed by atoms with Gasteiger partial charge in [-0.1, -0.05) is 24.3 Å². The normalized spacial score (nSPS) is 18.9. The Hall–Kier alpha value is -7.79. The highest BCUT2D eigenvalue weighted by molar-refractivity contribution is 5.89. The van der Waals surface area contributed by atoms with Crippen molar-refractivity contribution in [3.63, 3.8) is 0 Å². The average molecular weight is 825 g/mol. The summed E-state index contributed by atoms with van der Waals surface area (Å²) in [5.74, 6) is -6.18. The highest BCUT2D eigenvalue weighted by Crippen LogP contribution is 2.38. The van der Waals surface area contributed by atoms with Crippen LogP contribution in [0.3, 0.4) is 0 Å². The summed E-state index contributed by atoms with van der Waals surface area (Å²) in [4.78, 5) is 65.8. The predicted molar refractivity (Wildman–Crippen MR) is 208 cm³/mol. The Bertz CT molecular complexity index is 2500. The third-order valence-electron chi connectivity index (χ3n) is 8.73. The van der Waals surface area contributed by atoms with E-state index in [1.54, 1.807) is 0 Å². The van der Waals surface area contributed by atoms with Crippen molar-refractivity contribution >= 4 is 47.0 Å². The molecule has 4 aromatic carbocycles. The molecular formula is C43H36O17. The lowest BCUT2D eigenvalue weighted by atomic mass is 9.98. The zero-order valence-corrected chi connectivity index (χ0v) is 31.6. The lowest BCUT2D eigenvalue weighted by molar-refractivity contribution is -0.288. The molecule has 0 bridgehead atoms. The molecule has 6 rings (SSSR count). The van der Waals surface area contributed by atoms with Crippen LogP contribution in [0.2, 0.25) is 0 Å². The van der Waals surface area contributed by atoms with E-state index in [1.807, 2.05) is 0 Å². The van der Waals surface area contributed by atoms with Crippen LogP contribution in [0.4, 0.5) is 0 Å². The van der Waals surface area contributed by atoms with E-state index in [4.69, 9.17) is 32.8 Å². The van der Waals surface area contributed by atoms with Crippen LogP contribution in [0.1, 0.15) is 25.0 Å². The molecule has 0 aliphatic carbocycles. The maximum atomic E-state index is 14.3. The third-order valence-corrected chi connectivity index (χ3v) is 8.73. The molecule has 5 N–H and O–H groups in total. The summed E-state index contributed by atoms with van der Waals surface area (Å²) >= 11 is 0. The predicted octanol–water partition coefficient (Wildman–Crippen LogP) is 4.84. The van der Waals surface area contributed by atoms with Crippen molar-refractivity contribution in [1.29, 1.82) is 0 Å². The molecule has 0 spiro atoms. The van der Waals surface area contributed by atoms with Gasteiger partial charge < -0.3 is 58.4 Å². The molecule has 0 unspecified atom stereocenters. The summed E-state index contributed by atoms with van der Waals surface area (Å²) in [6, 6.07) is 18.8. The van der Waals surface area contributed by atoms with Crippen LogP contribution in [0, 0.1) is 0 Å². The van der Waals surface area contributed by atoms with E-state index >= 15 is 0 Å². The fourth-order valence-electron chi connectivity index (χ4n) is 6.07. The maximum absolute atomic E-state index is 14.3. The van der Waals surface area contributed by atoms with Crippen molar-refractivity contribution < 1.29 is 77.5 Å². The summed E-state index contributed by atoms with van der Waals surface area (Å²) in [6.07, 6.45) is -4.02. The van der Waals surface area contributed by atoms with Gasteiger partial charge in [-0.05, 0) is 71.8 Å². The Morgan fingerprint density at radius 1 is 0.650 bits per heavy atom. The van der Waals surface area contributed by atoms with Crippen LogP contribution >= 0.6 is 0 Å². The van der Waals surface area contributed by atoms with Crippen LogP contribution < -0.4 is 10.2 Å². The van der Waals surface area contributed by atoms with Crippen molar-refractivity contribution in [2.75, 3.05) is 6.61 Å². The number of hydrogen-bond donors (Lipinski definition) is 5. The van der Waals surface area contributed by atoms with Crippen LogP contribution in [0.5, 0.6) is 34.5 Å². The number of aromatic hydroxyl groups is 5. The number of carbonyl (C=O) groups excluding carboxylic acids is 4. The van der Waals surface area contributed by atoms with Gasteiger partial charge in [-0.2, -0.15) is 0 Å². The summed E-state index contributed by atoms with van der Waals surface area (Å²) < 4.78 is 40.7. The minimum atomic E-state index is -1.97. The first-order valence-corrected chi connectivity index (χ1v) is 18.0. The fraction of sp³-hybridized carbons (Fsp3) is 0.186. The first-order valence-electron chi connectivity index (χ1n) is 18.0. The quantitative estimate of drug-likeness (QED) is 0.0641. The Labute approximate surface area is 339 Å². The van der Waals surface area contributed by atoms with Crippen molar-refractivity contribution in [2.45, 2.75) is 44.6 Å². The van der Waals surface area contributed by atoms with Crippen LogP contribution in [-0.4, -0.2) is 86.7 Å². The smallest absolute Gasteiger partial charge is 0.331 e. The fourth-order valence-corrected chi connectivity index (χ4v) is 6.07. The SMILES string of the molecule is CC(=O)O[C@@H]1[C@@H](OC(=O)/C=C\c2ccc(O)cc2)[C@H](Oc2c(-c3ccc(O)cc3)oc3cc(O)cc(O)c3c2=O)O[C@H](COC(=O)/C=C/c2ccc(O)cc2)[C@H]1OC(C)=O. The molecule has 1 aromatic heterocycles. The van der Waals surface area contributed by atoms with Gasteiger partial charge in [-0.3, -0.25) is 14.4 Å². The van der Waals surface area contributed by atoms with Gasteiger partial charge in [0, 0.05) is 43.7 Å². The Morgan fingerprint density at radius 2 is 1.18 bits per heavy atom. The van der Waals surface area contributed by atoms with E-state index in [2.05, 4.69) is 0 Å². The first kappa shape index (κ1) is 41.8. The van der Waals surface area contributed by atoms with Gasteiger partial charge in [0.15, 0.2) is 18.0 Å². The third kappa shape index (κ3) is 10.2. The highest BCUT2D eigenvalue weighted by atomic mass is 16.7. The second kappa shape index (κ2) is 18.2. The zero-order chi connectivity index (χ0) is 43.1. The molecule has 310 valence electrons. The van der Waals surface area contributed by atoms with Crippen molar-refractivity contribution in [2.24, 2.45) is 0 Å². The standard InChI is InChI=1S/C43H36O17/c1-22(44)55-39-33(21-54-34(51)17-7-24-3-11-27(46)12-4-24)58-43(42(41(39)56-23(2)45)59-35(52)18-8-25-5-13-28(47)14-6-25)60-40-37(53)36-31(50)19-30(49)20-32(36)57-38(40)26-9-15-29(48)16-10-26/h3-20,33,39,41-43,46-50H,21H2,1-2H3/b17-7+,18-8-/t33-,39-,41+,42-,43+/m1/s1. The molecule has 5 aromatic rings. The van der Waals surface area contributed by atoms with Crippen LogP contribution in [-0.2, 0) is 42.9 Å². The number of fused-ring (bicyclic) bond motifs is 1. The molecule has 1 fully saturated rings. The molecule has 0 amide bonds. The lowest BCUT2D eigenvalue weighted by Crippen LogP contribution is -2.63. The molecule has 17 heteroatoms. The number of carbonyl (C=O) groups is 4. The minimum Gasteiger partial charge on any atom is -0.508 e. The summed E-state index contributed by atoms with van der Waals surface area (Å²) in [5, 5.41) is 49.7. The van der Waals surface area contributed by atoms with Crippen LogP contribution in [0.15, 0.2) is 106 Å². The number of phenols is 5. The monoisotopic (exact) mass is 824 g/mol. The minimum absolute atomic E-state index is 0.00453. The second-order valence-electron chi connectivity index (χ2n) is 13.2. The number of rotatable bonds is 12. The van der Waals surface area contributed by atoms with Crippen LogP contribution in [0.25, 0.3) is 34.4 Å². The summed E-state index contributed by atoms with van der Waals surface area (Å²) in [6.45, 7) is 1.35. The first-order chi connectivity index (χ1) is 28.6. The number of hydrogen-bond acceptors (Lipinski definition) is 17. The van der Waals surface area contributed by atoms with Gasteiger partial charge in [-0.25, -0.2) is 9.59 Å². The molecule has 0 radical (unpaired) electrons. The Balaban J connectivity index is 1.44. The molecule has 2 heterocycles. The van der Waals surface area contributed by atoms with E-state index < -0.39 is 89.3 Å². The number of phenolic OH excluding ortho intramolecular Hbond substituents is 5. The van der Waals surface area contributed by atoms with E-state index in [0.29, 0.717) is 11.1 Å². The van der Waals surface area contributed by atoms with Gasteiger partial charge in [0.2, 0.25) is 23.6 Å². The largest absolute Gasteiger partial charge is 0.508 e. The number of benzene rings is 4. The Morgan fingerprint density at radius 3 is 1.75 bits per heavy atom. The maximum Gasteiger partial charge on any atom is 0.331 e. The number of ether oxygens (including phenoxy) is 6. The average Bonchev–Trinajstić information content (AvgIpc) is 3.19. The van der Waals surface area contributed by atoms with Gasteiger partial charge in [0.25, 0.3) is 0 Å². The molecule has 5 atom stereocenters. The molecule has 60 heavy (non-hydrogen) atoms. The molecule has 0 saturated carbocycles. The summed E-state index contributed by atoms with van der Waals surface area (Å²) in [7, 11) is 0. The van der Waals surface area contributed by atoms with Gasteiger partial charge >= 0.3 is 23.9 Å². The highest BCUT2D eigenvalue weighted by Gasteiger charge is 2.54. The van der Waals surface area contributed by atoms with Gasteiger partial charge in [0.1, 0.15) is 52.4 Å². The van der Waals surface area contributed by atoms with E-state index in [9.17, 15) is 49.5 Å². The van der Waals surface area contributed by atoms with E-state index in [0.717, 1.165) is 38.1 Å². The number of esters is 4. The molecule has 1 aliphatic heterocycles. The second-order valence-corrected chi connectivity index (χ2v) is 13.2. The molecule has 1 aliphatic rings. The van der Waals surface area contributed by atoms with Crippen molar-refractivity contribution in [3.05, 3.63) is 118 Å². The molecule has 1 saturated heterocycles. The van der Waals surface area contributed by atoms with E-state index in [-0.39, 0.29) is 34.2 Å². The molecular weight excluding hydrogens is 788 g/mol. The van der Waals surface area contributed by atoms with E-state index in [1.165, 1.54) is 84.9 Å². The van der Waals surface area contributed by atoms with Gasteiger partial charge in [0.05, 0.1) is 0 Å². The van der Waals surface area contributed by atoms with Gasteiger partial charge in [-0.15, -0.1) is 0 Å². The summed E-state index contributed by atoms with van der Waals surface area (Å²) in [5.41, 5.74) is -0.176. The zero-order valence-electron chi connectivity index (χ0n) is 31.6. The van der Waals surface area contributed by atoms with Crippen molar-refractivity contribution in [3.8, 4) is 45.8 Å². The Kier molecular flexibility index (Phi) is 12.7. The topological polar surface area (TPSA) is 255 Å². The van der Waals surface area contributed by atoms with Crippen molar-refractivity contribution in [1.82, 2.24) is 0 Å².